The van der Waals surface area contributed by atoms with Gasteiger partial charge in [0.25, 0.3) is 0 Å². The highest BCUT2D eigenvalue weighted by Crippen LogP contribution is 2.17. The van der Waals surface area contributed by atoms with Crippen LogP contribution < -0.4 is 10.5 Å². The Morgan fingerprint density at radius 3 is 2.39 bits per heavy atom. The number of nitrogens with two attached hydrogens (primary N) is 1. The molecule has 18 heavy (non-hydrogen) atoms. The Labute approximate surface area is 107 Å². The molecule has 3 N–H and O–H groups in total. The number of carbonyl (C=O) groups excluding carboxylic acids is 1. The molecule has 1 unspecified atom stereocenters. The molecule has 0 saturated heterocycles. The molecule has 1 rings (SSSR count). The van der Waals surface area contributed by atoms with Crippen molar-refractivity contribution in [3.63, 3.8) is 0 Å². The zero-order valence-electron chi connectivity index (χ0n) is 10.7. The van der Waals surface area contributed by atoms with Gasteiger partial charge in [-0.2, -0.15) is 0 Å². The Kier molecular flexibility index (Phi) is 4.48. The van der Waals surface area contributed by atoms with Gasteiger partial charge in [0.15, 0.2) is 0 Å². The first-order valence-corrected chi connectivity index (χ1v) is 7.19. The Morgan fingerprint density at radius 1 is 1.28 bits per heavy atom. The minimum Gasteiger partial charge on any atom is -0.349 e. The minimum atomic E-state index is -3.72. The van der Waals surface area contributed by atoms with Crippen LogP contribution in [0.2, 0.25) is 0 Å². The van der Waals surface area contributed by atoms with Gasteiger partial charge in [0.1, 0.15) is 0 Å². The van der Waals surface area contributed by atoms with Gasteiger partial charge in [-0.15, -0.1) is 0 Å². The van der Waals surface area contributed by atoms with Gasteiger partial charge in [-0.25, -0.2) is 13.6 Å². The summed E-state index contributed by atoms with van der Waals surface area (Å²) in [5.41, 5.74) is 0.704. The van der Waals surface area contributed by atoms with Crippen molar-refractivity contribution < 1.29 is 13.2 Å². The largest absolute Gasteiger partial charge is 0.349 e. The number of benzene rings is 1. The summed E-state index contributed by atoms with van der Waals surface area (Å²) in [6.07, 6.45) is 0. The maximum Gasteiger partial charge on any atom is 0.238 e. The summed E-state index contributed by atoms with van der Waals surface area (Å²) in [5.74, 6) is -0.197. The average Bonchev–Trinajstić information content (AvgIpc) is 2.27. The number of nitrogens with one attached hydrogen (secondary N) is 1. The predicted octanol–water partition coefficient (Wildman–Crippen LogP) is 1.17. The molecule has 0 heterocycles. The third-order valence-electron chi connectivity index (χ3n) is 2.57. The first kappa shape index (κ1) is 14.7. The van der Waals surface area contributed by atoms with E-state index in [-0.39, 0.29) is 22.8 Å². The number of primary sulfonamides is 1. The quantitative estimate of drug-likeness (QED) is 0.860. The molecule has 1 atom stereocenters. The molecule has 0 aromatic heterocycles. The third-order valence-corrected chi connectivity index (χ3v) is 3.48. The monoisotopic (exact) mass is 270 g/mol. The molecule has 0 aliphatic heterocycles. The van der Waals surface area contributed by atoms with E-state index in [1.807, 2.05) is 0 Å². The van der Waals surface area contributed by atoms with Crippen LogP contribution in [0, 0.1) is 5.92 Å². The van der Waals surface area contributed by atoms with Crippen LogP contribution in [0.5, 0.6) is 0 Å². The number of amides is 1. The predicted molar refractivity (Wildman–Crippen MR) is 69.2 cm³/mol. The van der Waals surface area contributed by atoms with Crippen molar-refractivity contribution in [3.8, 4) is 0 Å². The number of rotatable bonds is 4. The van der Waals surface area contributed by atoms with Crippen molar-refractivity contribution >= 4 is 15.9 Å². The first-order chi connectivity index (χ1) is 8.21. The van der Waals surface area contributed by atoms with Gasteiger partial charge in [-0.3, -0.25) is 4.79 Å². The molecule has 0 aliphatic carbocycles. The van der Waals surface area contributed by atoms with Crippen LogP contribution in [0.3, 0.4) is 0 Å². The van der Waals surface area contributed by atoms with E-state index in [2.05, 4.69) is 5.32 Å². The number of carbonyl (C=O) groups is 1. The molecule has 0 spiro atoms. The molecule has 0 radical (unpaired) electrons. The molecular formula is C12H18N2O3S. The van der Waals surface area contributed by atoms with Crippen molar-refractivity contribution in [2.45, 2.75) is 31.7 Å². The van der Waals surface area contributed by atoms with E-state index in [0.29, 0.717) is 5.56 Å². The Bertz CT molecular complexity index is 538. The minimum absolute atomic E-state index is 0.0469. The molecule has 5 nitrogen and oxygen atoms in total. The lowest BCUT2D eigenvalue weighted by molar-refractivity contribution is -0.124. The van der Waals surface area contributed by atoms with Crippen LogP contribution in [-0.4, -0.2) is 14.3 Å². The highest BCUT2D eigenvalue weighted by Gasteiger charge is 2.14. The van der Waals surface area contributed by atoms with Crippen LogP contribution in [0.1, 0.15) is 32.4 Å². The Balaban J connectivity index is 2.94. The van der Waals surface area contributed by atoms with E-state index in [9.17, 15) is 13.2 Å². The van der Waals surface area contributed by atoms with Gasteiger partial charge >= 0.3 is 0 Å². The number of hydrogen-bond donors (Lipinski definition) is 2. The number of hydrogen-bond acceptors (Lipinski definition) is 3. The molecule has 1 aromatic rings. The fourth-order valence-corrected chi connectivity index (χ4v) is 1.99. The lowest BCUT2D eigenvalue weighted by atomic mass is 10.1. The highest BCUT2D eigenvalue weighted by atomic mass is 32.2. The molecule has 1 amide bonds. The zero-order chi connectivity index (χ0) is 13.9. The first-order valence-electron chi connectivity index (χ1n) is 5.65. The maximum atomic E-state index is 11.6. The van der Waals surface area contributed by atoms with E-state index in [0.717, 1.165) is 0 Å². The molecule has 0 aliphatic rings. The summed E-state index contributed by atoms with van der Waals surface area (Å²) in [5, 5.41) is 7.86. The van der Waals surface area contributed by atoms with Gasteiger partial charge in [0, 0.05) is 5.92 Å². The molecule has 1 aromatic carbocycles. The molecular weight excluding hydrogens is 252 g/mol. The summed E-state index contributed by atoms with van der Waals surface area (Å²) in [6, 6.07) is 5.99. The number of sulfonamides is 1. The summed E-state index contributed by atoms with van der Waals surface area (Å²) in [4.78, 5) is 11.6. The lowest BCUT2D eigenvalue weighted by Gasteiger charge is -2.16. The fraction of sp³-hybridized carbons (Fsp3) is 0.417. The third kappa shape index (κ3) is 3.82. The summed E-state index contributed by atoms with van der Waals surface area (Å²) < 4.78 is 22.5. The highest BCUT2D eigenvalue weighted by molar-refractivity contribution is 7.89. The van der Waals surface area contributed by atoms with E-state index >= 15 is 0 Å². The normalized spacial score (nSPS) is 13.4. The van der Waals surface area contributed by atoms with Gasteiger partial charge in [0.05, 0.1) is 10.9 Å². The van der Waals surface area contributed by atoms with Crippen LogP contribution >= 0.6 is 0 Å². The molecule has 6 heteroatoms. The van der Waals surface area contributed by atoms with E-state index in [4.69, 9.17) is 5.14 Å². The van der Waals surface area contributed by atoms with Gasteiger partial charge < -0.3 is 5.32 Å². The SMILES string of the molecule is CC(C)C(=O)NC(C)c1cccc(S(N)(=O)=O)c1. The Morgan fingerprint density at radius 2 is 1.89 bits per heavy atom. The fourth-order valence-electron chi connectivity index (χ4n) is 1.42. The van der Waals surface area contributed by atoms with Crippen molar-refractivity contribution in [2.24, 2.45) is 11.1 Å². The zero-order valence-corrected chi connectivity index (χ0v) is 11.5. The van der Waals surface area contributed by atoms with Gasteiger partial charge in [-0.05, 0) is 24.6 Å². The van der Waals surface area contributed by atoms with Crippen LogP contribution in [-0.2, 0) is 14.8 Å². The van der Waals surface area contributed by atoms with Crippen molar-refractivity contribution in [3.05, 3.63) is 29.8 Å². The molecule has 100 valence electrons. The maximum absolute atomic E-state index is 11.6. The lowest BCUT2D eigenvalue weighted by Crippen LogP contribution is -2.30. The van der Waals surface area contributed by atoms with Crippen molar-refractivity contribution in [2.75, 3.05) is 0 Å². The van der Waals surface area contributed by atoms with E-state index < -0.39 is 10.0 Å². The van der Waals surface area contributed by atoms with Gasteiger partial charge in [-0.1, -0.05) is 26.0 Å². The van der Waals surface area contributed by atoms with Gasteiger partial charge in [0.2, 0.25) is 15.9 Å². The van der Waals surface area contributed by atoms with Crippen LogP contribution in [0.4, 0.5) is 0 Å². The van der Waals surface area contributed by atoms with Crippen molar-refractivity contribution in [1.82, 2.24) is 5.32 Å². The second kappa shape index (κ2) is 5.49. The van der Waals surface area contributed by atoms with Crippen LogP contribution in [0.25, 0.3) is 0 Å². The topological polar surface area (TPSA) is 89.3 Å². The van der Waals surface area contributed by atoms with E-state index in [1.54, 1.807) is 32.9 Å². The average molecular weight is 270 g/mol. The summed E-state index contributed by atoms with van der Waals surface area (Å²) in [6.45, 7) is 5.38. The summed E-state index contributed by atoms with van der Waals surface area (Å²) in [7, 11) is -3.72. The molecule has 0 saturated carbocycles. The molecule has 0 bridgehead atoms. The standard InChI is InChI=1S/C12H18N2O3S/c1-8(2)12(15)14-9(3)10-5-4-6-11(7-10)18(13,16)17/h4-9H,1-3H3,(H,14,15)(H2,13,16,17). The second-order valence-electron chi connectivity index (χ2n) is 4.50. The smallest absolute Gasteiger partial charge is 0.238 e. The second-order valence-corrected chi connectivity index (χ2v) is 6.06. The van der Waals surface area contributed by atoms with Crippen LogP contribution in [0.15, 0.2) is 29.2 Å². The van der Waals surface area contributed by atoms with E-state index in [1.165, 1.54) is 12.1 Å². The Hall–Kier alpha value is -1.40. The molecule has 0 fully saturated rings. The van der Waals surface area contributed by atoms with Crippen molar-refractivity contribution in [1.29, 1.82) is 0 Å². The summed E-state index contributed by atoms with van der Waals surface area (Å²) >= 11 is 0.